The maximum absolute atomic E-state index is 15.0. The molecule has 12 heteroatoms. The third kappa shape index (κ3) is 4.84. The Hall–Kier alpha value is -3.64. The van der Waals surface area contributed by atoms with Crippen LogP contribution in [-0.2, 0) is 13.0 Å². The lowest BCUT2D eigenvalue weighted by atomic mass is 9.95. The van der Waals surface area contributed by atoms with Crippen molar-refractivity contribution >= 4 is 34.1 Å². The van der Waals surface area contributed by atoms with Crippen LogP contribution in [0.3, 0.4) is 0 Å². The SMILES string of the molecule is CCc1c(F)ccc2nc(N)cc(N3Cc4nc(OC[C@@]56CCCN5C[C@H](F)C6)nc(N5CCC[C@H](O)CC5)c4C3=O)c12. The van der Waals surface area contributed by atoms with Gasteiger partial charge in [0.25, 0.3) is 5.91 Å². The van der Waals surface area contributed by atoms with E-state index < -0.39 is 12.3 Å². The lowest BCUT2D eigenvalue weighted by Crippen LogP contribution is -2.43. The summed E-state index contributed by atoms with van der Waals surface area (Å²) in [5, 5.41) is 10.9. The second kappa shape index (κ2) is 10.8. The molecular formula is C31H37F2N7O3. The van der Waals surface area contributed by atoms with Crippen LogP contribution < -0.4 is 20.3 Å². The van der Waals surface area contributed by atoms with Crippen molar-refractivity contribution in [3.8, 4) is 6.01 Å². The van der Waals surface area contributed by atoms with Gasteiger partial charge in [-0.2, -0.15) is 9.97 Å². The van der Waals surface area contributed by atoms with Crippen molar-refractivity contribution in [2.75, 3.05) is 48.3 Å². The minimum absolute atomic E-state index is 0.124. The van der Waals surface area contributed by atoms with E-state index in [-0.39, 0.29) is 42.2 Å². The number of anilines is 3. The highest BCUT2D eigenvalue weighted by Gasteiger charge is 2.49. The number of aromatic nitrogens is 3. The number of halogens is 2. The Morgan fingerprint density at radius 3 is 2.86 bits per heavy atom. The second-order valence-corrected chi connectivity index (χ2v) is 12.3. The molecule has 0 unspecified atom stereocenters. The van der Waals surface area contributed by atoms with Crippen LogP contribution in [0.25, 0.3) is 10.9 Å². The predicted molar refractivity (Wildman–Crippen MR) is 159 cm³/mol. The molecule has 2 aromatic heterocycles. The summed E-state index contributed by atoms with van der Waals surface area (Å²) in [6.45, 7) is 4.66. The molecule has 3 aromatic rings. The molecule has 0 aliphatic carbocycles. The van der Waals surface area contributed by atoms with Gasteiger partial charge in [-0.1, -0.05) is 6.92 Å². The predicted octanol–water partition coefficient (Wildman–Crippen LogP) is 3.78. The van der Waals surface area contributed by atoms with Crippen LogP contribution in [0.1, 0.15) is 67.1 Å². The third-order valence-corrected chi connectivity index (χ3v) is 9.61. The number of aliphatic hydroxyl groups is 1. The number of pyridine rings is 1. The maximum atomic E-state index is 15.0. The first-order chi connectivity index (χ1) is 20.8. The number of benzene rings is 1. The van der Waals surface area contributed by atoms with E-state index in [1.54, 1.807) is 17.0 Å². The lowest BCUT2D eigenvalue weighted by molar-refractivity contribution is 0.0996. The fraction of sp³-hybridized carbons (Fsp3) is 0.548. The number of ether oxygens (including phenoxy) is 1. The highest BCUT2D eigenvalue weighted by molar-refractivity contribution is 6.16. The second-order valence-electron chi connectivity index (χ2n) is 12.3. The van der Waals surface area contributed by atoms with Gasteiger partial charge in [-0.05, 0) is 62.8 Å². The lowest BCUT2D eigenvalue weighted by Gasteiger charge is -2.31. The summed E-state index contributed by atoms with van der Waals surface area (Å²) in [6, 6.07) is 4.71. The van der Waals surface area contributed by atoms with Gasteiger partial charge in [-0.15, -0.1) is 0 Å². The summed E-state index contributed by atoms with van der Waals surface area (Å²) >= 11 is 0. The van der Waals surface area contributed by atoms with E-state index in [4.69, 9.17) is 20.4 Å². The van der Waals surface area contributed by atoms with Crippen molar-refractivity contribution in [2.24, 2.45) is 0 Å². The van der Waals surface area contributed by atoms with Gasteiger partial charge in [-0.3, -0.25) is 9.69 Å². The summed E-state index contributed by atoms with van der Waals surface area (Å²) < 4.78 is 35.6. The van der Waals surface area contributed by atoms with Crippen LogP contribution in [0.2, 0.25) is 0 Å². The molecular weight excluding hydrogens is 556 g/mol. The van der Waals surface area contributed by atoms with E-state index >= 15 is 0 Å². The van der Waals surface area contributed by atoms with Crippen LogP contribution in [-0.4, -0.2) is 81.5 Å². The minimum Gasteiger partial charge on any atom is -0.461 e. The third-order valence-electron chi connectivity index (χ3n) is 9.61. The maximum Gasteiger partial charge on any atom is 0.318 e. The number of alkyl halides is 1. The molecule has 0 bridgehead atoms. The molecule has 0 spiro atoms. The zero-order chi connectivity index (χ0) is 29.9. The van der Waals surface area contributed by atoms with E-state index in [1.807, 2.05) is 11.8 Å². The number of aliphatic hydroxyl groups excluding tert-OH is 1. The number of hydrogen-bond acceptors (Lipinski definition) is 9. The van der Waals surface area contributed by atoms with E-state index in [0.717, 1.165) is 25.8 Å². The van der Waals surface area contributed by atoms with Crippen LogP contribution in [0.5, 0.6) is 6.01 Å². The number of nitrogen functional groups attached to an aromatic ring is 1. The van der Waals surface area contributed by atoms with E-state index in [0.29, 0.717) is 84.5 Å². The highest BCUT2D eigenvalue weighted by Crippen LogP contribution is 2.42. The molecule has 3 saturated heterocycles. The molecule has 3 atom stereocenters. The zero-order valence-electron chi connectivity index (χ0n) is 24.4. The quantitative estimate of drug-likeness (QED) is 0.440. The summed E-state index contributed by atoms with van der Waals surface area (Å²) in [7, 11) is 0. The highest BCUT2D eigenvalue weighted by atomic mass is 19.1. The molecule has 0 radical (unpaired) electrons. The number of aryl methyl sites for hydroxylation is 1. The molecule has 10 nitrogen and oxygen atoms in total. The molecule has 4 aliphatic rings. The van der Waals surface area contributed by atoms with Crippen molar-refractivity contribution in [1.82, 2.24) is 19.9 Å². The number of carbonyl (C=O) groups is 1. The largest absolute Gasteiger partial charge is 0.461 e. The Morgan fingerprint density at radius 2 is 2.02 bits per heavy atom. The Balaban J connectivity index is 1.29. The summed E-state index contributed by atoms with van der Waals surface area (Å²) in [6.07, 6.45) is 3.35. The Kier molecular flexibility index (Phi) is 7.08. The monoisotopic (exact) mass is 593 g/mol. The average Bonchev–Trinajstić information content (AvgIpc) is 3.56. The molecule has 7 rings (SSSR count). The molecule has 3 N–H and O–H groups in total. The number of nitrogens with zero attached hydrogens (tertiary/aromatic N) is 6. The number of carbonyl (C=O) groups excluding carboxylic acids is 1. The fourth-order valence-corrected chi connectivity index (χ4v) is 7.52. The number of amides is 1. The molecule has 0 saturated carbocycles. The van der Waals surface area contributed by atoms with Gasteiger partial charge in [0.1, 0.15) is 35.8 Å². The van der Waals surface area contributed by atoms with Gasteiger partial charge in [0.05, 0.1) is 35.1 Å². The van der Waals surface area contributed by atoms with Crippen LogP contribution in [0, 0.1) is 5.82 Å². The molecule has 1 aromatic carbocycles. The molecule has 228 valence electrons. The number of nitrogens with two attached hydrogens (primary N) is 1. The van der Waals surface area contributed by atoms with Crippen molar-refractivity contribution in [2.45, 2.75) is 76.2 Å². The van der Waals surface area contributed by atoms with Gasteiger partial charge >= 0.3 is 6.01 Å². The number of hydrogen-bond donors (Lipinski definition) is 2. The van der Waals surface area contributed by atoms with E-state index in [2.05, 4.69) is 9.88 Å². The van der Waals surface area contributed by atoms with Crippen molar-refractivity contribution in [3.63, 3.8) is 0 Å². The molecule has 1 amide bonds. The van der Waals surface area contributed by atoms with Gasteiger partial charge < -0.3 is 25.4 Å². The van der Waals surface area contributed by atoms with Crippen molar-refractivity contribution < 1.29 is 23.4 Å². The first-order valence-corrected chi connectivity index (χ1v) is 15.3. The fourth-order valence-electron chi connectivity index (χ4n) is 7.52. The van der Waals surface area contributed by atoms with Crippen LogP contribution in [0.15, 0.2) is 18.2 Å². The molecule has 4 aliphatic heterocycles. The Bertz CT molecular complexity index is 1590. The van der Waals surface area contributed by atoms with Crippen molar-refractivity contribution in [1.29, 1.82) is 0 Å². The van der Waals surface area contributed by atoms with Gasteiger partial charge in [0.2, 0.25) is 0 Å². The Labute approximate surface area is 248 Å². The Morgan fingerprint density at radius 1 is 1.16 bits per heavy atom. The van der Waals surface area contributed by atoms with Gasteiger partial charge in [0, 0.05) is 37.5 Å². The standard InChI is InChI=1S/C31H37F2N7O3/c1-2-20-21(33)6-7-22-26(20)24(13-25(34)35-22)40-16-23-27(29(40)42)28(38-10-3-5-19(41)8-12-38)37-30(36-23)43-17-31-9-4-11-39(31)15-18(32)14-31/h6-7,13,18-19,41H,2-5,8-12,14-17H2,1H3,(H2,34,35)/t18-,19+,31+/m1/s1. The van der Waals surface area contributed by atoms with Gasteiger partial charge in [0.15, 0.2) is 0 Å². The molecule has 3 fully saturated rings. The summed E-state index contributed by atoms with van der Waals surface area (Å²) in [4.78, 5) is 33.9. The van der Waals surface area contributed by atoms with Gasteiger partial charge in [-0.25, -0.2) is 13.8 Å². The summed E-state index contributed by atoms with van der Waals surface area (Å²) in [5.74, 6) is 0.00970. The first kappa shape index (κ1) is 28.1. The van der Waals surface area contributed by atoms with Crippen molar-refractivity contribution in [3.05, 3.63) is 40.8 Å². The van der Waals surface area contributed by atoms with E-state index in [9.17, 15) is 18.7 Å². The van der Waals surface area contributed by atoms with E-state index in [1.165, 1.54) is 6.07 Å². The molecule has 43 heavy (non-hydrogen) atoms. The number of fused-ring (bicyclic) bond motifs is 3. The number of rotatable bonds is 6. The zero-order valence-corrected chi connectivity index (χ0v) is 24.4. The topological polar surface area (TPSA) is 121 Å². The first-order valence-electron chi connectivity index (χ1n) is 15.3. The minimum atomic E-state index is -0.879. The van der Waals surface area contributed by atoms with Crippen LogP contribution >= 0.6 is 0 Å². The normalized spacial score (nSPS) is 25.8. The summed E-state index contributed by atoms with van der Waals surface area (Å²) in [5.41, 5.74) is 8.12. The smallest absolute Gasteiger partial charge is 0.318 e. The average molecular weight is 594 g/mol. The van der Waals surface area contributed by atoms with Crippen LogP contribution in [0.4, 0.5) is 26.1 Å². The molecule has 6 heterocycles.